The summed E-state index contributed by atoms with van der Waals surface area (Å²) in [5.41, 5.74) is 5.62. The molecule has 4 heteroatoms. The highest BCUT2D eigenvalue weighted by molar-refractivity contribution is 7.80. The topological polar surface area (TPSA) is 46.3 Å². The number of nitrogens with zero attached hydrogens (tertiary/aromatic N) is 1. The van der Waals surface area contributed by atoms with Crippen LogP contribution in [0.5, 0.6) is 0 Å². The maximum Gasteiger partial charge on any atom is 0.225 e. The Labute approximate surface area is 129 Å². The Balaban J connectivity index is 2.36. The van der Waals surface area contributed by atoms with Gasteiger partial charge in [-0.2, -0.15) is 0 Å². The first kappa shape index (κ1) is 17.4. The van der Waals surface area contributed by atoms with E-state index in [0.717, 1.165) is 18.8 Å². The predicted molar refractivity (Wildman–Crippen MR) is 88.6 cm³/mol. The summed E-state index contributed by atoms with van der Waals surface area (Å²) in [7, 11) is 1.88. The highest BCUT2D eigenvalue weighted by Gasteiger charge is 2.28. The minimum atomic E-state index is 0.0971. The van der Waals surface area contributed by atoms with E-state index in [1.165, 1.54) is 32.1 Å². The molecule has 1 rings (SSSR count). The molecule has 1 fully saturated rings. The first-order chi connectivity index (χ1) is 9.45. The molecule has 116 valence electrons. The second kappa shape index (κ2) is 8.60. The monoisotopic (exact) mass is 298 g/mol. The summed E-state index contributed by atoms with van der Waals surface area (Å²) in [6, 6.07) is 0. The molecule has 0 bridgehead atoms. The molecule has 1 aliphatic carbocycles. The van der Waals surface area contributed by atoms with Crippen LogP contribution in [0.3, 0.4) is 0 Å². The Bertz CT molecular complexity index is 324. The molecule has 0 heterocycles. The molecule has 3 nitrogen and oxygen atoms in total. The van der Waals surface area contributed by atoms with Gasteiger partial charge in [0.1, 0.15) is 0 Å². The molecule has 20 heavy (non-hydrogen) atoms. The van der Waals surface area contributed by atoms with E-state index in [1.54, 1.807) is 0 Å². The Morgan fingerprint density at radius 3 is 2.45 bits per heavy atom. The minimum absolute atomic E-state index is 0.0971. The van der Waals surface area contributed by atoms with E-state index >= 15 is 0 Å². The lowest BCUT2D eigenvalue weighted by Crippen LogP contribution is -2.39. The quantitative estimate of drug-likeness (QED) is 0.733. The van der Waals surface area contributed by atoms with Gasteiger partial charge in [0.15, 0.2) is 0 Å². The molecule has 1 unspecified atom stereocenters. The van der Waals surface area contributed by atoms with E-state index in [1.807, 2.05) is 18.9 Å². The average Bonchev–Trinajstić information content (AvgIpc) is 2.44. The van der Waals surface area contributed by atoms with Crippen LogP contribution in [-0.4, -0.2) is 29.4 Å². The molecular formula is C16H30N2OS. The largest absolute Gasteiger partial charge is 0.393 e. The molecule has 0 aromatic carbocycles. The standard InChI is InChI=1S/C16H30N2OS/c1-4-5-6-13-7-9-14(10-8-13)16(19)18(3)11-12(2)15(17)20/h12-14H,4-11H2,1-3H3,(H2,17,20). The summed E-state index contributed by atoms with van der Waals surface area (Å²) >= 11 is 4.98. The third kappa shape index (κ3) is 5.39. The minimum Gasteiger partial charge on any atom is -0.393 e. The third-order valence-electron chi connectivity index (χ3n) is 4.57. The van der Waals surface area contributed by atoms with Crippen molar-refractivity contribution in [2.75, 3.05) is 13.6 Å². The highest BCUT2D eigenvalue weighted by atomic mass is 32.1. The van der Waals surface area contributed by atoms with Gasteiger partial charge in [-0.3, -0.25) is 4.79 Å². The van der Waals surface area contributed by atoms with Crippen molar-refractivity contribution in [2.24, 2.45) is 23.5 Å². The molecule has 1 aliphatic rings. The van der Waals surface area contributed by atoms with Gasteiger partial charge in [-0.1, -0.05) is 45.3 Å². The van der Waals surface area contributed by atoms with Crippen molar-refractivity contribution in [3.05, 3.63) is 0 Å². The maximum absolute atomic E-state index is 12.4. The number of amides is 1. The number of nitrogens with two attached hydrogens (primary N) is 1. The third-order valence-corrected chi connectivity index (χ3v) is 4.97. The zero-order valence-corrected chi connectivity index (χ0v) is 14.0. The number of hydrogen-bond acceptors (Lipinski definition) is 2. The van der Waals surface area contributed by atoms with Gasteiger partial charge in [0.2, 0.25) is 5.91 Å². The molecule has 0 saturated heterocycles. The van der Waals surface area contributed by atoms with Gasteiger partial charge in [0.25, 0.3) is 0 Å². The normalized spacial score (nSPS) is 24.1. The van der Waals surface area contributed by atoms with Gasteiger partial charge < -0.3 is 10.6 Å². The molecule has 1 saturated carbocycles. The highest BCUT2D eigenvalue weighted by Crippen LogP contribution is 2.32. The van der Waals surface area contributed by atoms with Gasteiger partial charge in [-0.05, 0) is 31.6 Å². The lowest BCUT2D eigenvalue weighted by atomic mass is 9.79. The SMILES string of the molecule is CCCCC1CCC(C(=O)N(C)CC(C)C(N)=S)CC1. The molecule has 1 atom stereocenters. The van der Waals surface area contributed by atoms with E-state index in [2.05, 4.69) is 6.92 Å². The second-order valence-electron chi connectivity index (χ2n) is 6.38. The van der Waals surface area contributed by atoms with Crippen molar-refractivity contribution in [2.45, 2.75) is 58.8 Å². The van der Waals surface area contributed by atoms with Gasteiger partial charge in [-0.25, -0.2) is 0 Å². The summed E-state index contributed by atoms with van der Waals surface area (Å²) in [5.74, 6) is 1.44. The van der Waals surface area contributed by atoms with Gasteiger partial charge in [-0.15, -0.1) is 0 Å². The summed E-state index contributed by atoms with van der Waals surface area (Å²) in [6.07, 6.45) is 8.49. The number of thiocarbonyl (C=S) groups is 1. The molecule has 1 amide bonds. The molecule has 0 radical (unpaired) electrons. The van der Waals surface area contributed by atoms with E-state index in [-0.39, 0.29) is 17.7 Å². The fourth-order valence-corrected chi connectivity index (χ4v) is 3.17. The zero-order valence-electron chi connectivity index (χ0n) is 13.2. The van der Waals surface area contributed by atoms with Crippen LogP contribution < -0.4 is 5.73 Å². The predicted octanol–water partition coefficient (Wildman–Crippen LogP) is 3.36. The molecular weight excluding hydrogens is 268 g/mol. The fraction of sp³-hybridized carbons (Fsp3) is 0.875. The summed E-state index contributed by atoms with van der Waals surface area (Å²) < 4.78 is 0. The number of hydrogen-bond donors (Lipinski definition) is 1. The first-order valence-corrected chi connectivity index (χ1v) is 8.40. The van der Waals surface area contributed by atoms with Crippen LogP contribution in [0.2, 0.25) is 0 Å². The molecule has 2 N–H and O–H groups in total. The van der Waals surface area contributed by atoms with Crippen LogP contribution in [-0.2, 0) is 4.79 Å². The van der Waals surface area contributed by atoms with Crippen LogP contribution in [0.15, 0.2) is 0 Å². The van der Waals surface area contributed by atoms with Crippen molar-refractivity contribution in [1.82, 2.24) is 4.90 Å². The summed E-state index contributed by atoms with van der Waals surface area (Å²) in [5, 5.41) is 0. The van der Waals surface area contributed by atoms with Crippen molar-refractivity contribution in [3.8, 4) is 0 Å². The first-order valence-electron chi connectivity index (χ1n) is 8.00. The van der Waals surface area contributed by atoms with Gasteiger partial charge in [0, 0.05) is 25.4 Å². The van der Waals surface area contributed by atoms with Crippen LogP contribution in [0, 0.1) is 17.8 Å². The smallest absolute Gasteiger partial charge is 0.225 e. The zero-order chi connectivity index (χ0) is 15.1. The van der Waals surface area contributed by atoms with Gasteiger partial charge >= 0.3 is 0 Å². The van der Waals surface area contributed by atoms with Crippen LogP contribution >= 0.6 is 12.2 Å². The number of unbranched alkanes of at least 4 members (excludes halogenated alkanes) is 1. The fourth-order valence-electron chi connectivity index (χ4n) is 3.09. The second-order valence-corrected chi connectivity index (χ2v) is 6.85. The van der Waals surface area contributed by atoms with E-state index in [0.29, 0.717) is 11.5 Å². The molecule has 0 aromatic heterocycles. The molecule has 0 aromatic rings. The van der Waals surface area contributed by atoms with Gasteiger partial charge in [0.05, 0.1) is 4.99 Å². The van der Waals surface area contributed by atoms with Crippen molar-refractivity contribution < 1.29 is 4.79 Å². The lowest BCUT2D eigenvalue weighted by molar-refractivity contribution is -0.135. The van der Waals surface area contributed by atoms with E-state index in [9.17, 15) is 4.79 Å². The van der Waals surface area contributed by atoms with Crippen molar-refractivity contribution in [1.29, 1.82) is 0 Å². The summed E-state index contributed by atoms with van der Waals surface area (Å²) in [4.78, 5) is 14.7. The van der Waals surface area contributed by atoms with Crippen LogP contribution in [0.4, 0.5) is 0 Å². The van der Waals surface area contributed by atoms with Crippen molar-refractivity contribution in [3.63, 3.8) is 0 Å². The Kier molecular flexibility index (Phi) is 7.49. The van der Waals surface area contributed by atoms with Crippen LogP contribution in [0.25, 0.3) is 0 Å². The summed E-state index contributed by atoms with van der Waals surface area (Å²) in [6.45, 7) is 4.87. The maximum atomic E-state index is 12.4. The van der Waals surface area contributed by atoms with E-state index < -0.39 is 0 Å². The van der Waals surface area contributed by atoms with Crippen LogP contribution in [0.1, 0.15) is 58.8 Å². The number of carbonyl (C=O) groups is 1. The average molecular weight is 298 g/mol. The molecule has 0 aliphatic heterocycles. The van der Waals surface area contributed by atoms with Crippen molar-refractivity contribution >= 4 is 23.1 Å². The lowest BCUT2D eigenvalue weighted by Gasteiger charge is -2.31. The van der Waals surface area contributed by atoms with E-state index in [4.69, 9.17) is 18.0 Å². The number of carbonyl (C=O) groups excluding carboxylic acids is 1. The Hall–Kier alpha value is -0.640. The molecule has 0 spiro atoms. The number of rotatable bonds is 7. The Morgan fingerprint density at radius 1 is 1.35 bits per heavy atom. The Morgan fingerprint density at radius 2 is 1.95 bits per heavy atom.